The quantitative estimate of drug-likeness (QED) is 0.888. The number of aromatic nitrogens is 1. The van der Waals surface area contributed by atoms with Crippen molar-refractivity contribution in [2.45, 2.75) is 32.9 Å². The minimum atomic E-state index is -4.66. The average Bonchev–Trinajstić information content (AvgIpc) is 2.86. The van der Waals surface area contributed by atoms with Gasteiger partial charge in [0.1, 0.15) is 0 Å². The minimum Gasteiger partial charge on any atom is -0.294 e. The third-order valence-corrected chi connectivity index (χ3v) is 4.23. The molecule has 1 aromatic heterocycles. The Morgan fingerprint density at radius 1 is 1.16 bits per heavy atom. The van der Waals surface area contributed by atoms with Crippen LogP contribution in [-0.4, -0.2) is 16.4 Å². The van der Waals surface area contributed by atoms with E-state index in [2.05, 4.69) is 5.43 Å². The maximum Gasteiger partial charge on any atom is 0.418 e. The second-order valence-corrected chi connectivity index (χ2v) is 6.98. The van der Waals surface area contributed by atoms with E-state index in [4.69, 9.17) is 0 Å². The van der Waals surface area contributed by atoms with E-state index < -0.39 is 28.8 Å². The summed E-state index contributed by atoms with van der Waals surface area (Å²) in [6, 6.07) is 8.18. The summed E-state index contributed by atoms with van der Waals surface area (Å²) in [5.41, 5.74) is 1.17. The number of benzene rings is 1. The van der Waals surface area contributed by atoms with E-state index in [1.165, 1.54) is 0 Å². The molecule has 0 bridgehead atoms. The number of alkyl halides is 3. The largest absolute Gasteiger partial charge is 0.418 e. The number of nitrogens with one attached hydrogen (secondary N) is 1. The van der Waals surface area contributed by atoms with Crippen LogP contribution < -0.4 is 5.43 Å². The van der Waals surface area contributed by atoms with Gasteiger partial charge in [-0.2, -0.15) is 13.2 Å². The molecule has 0 radical (unpaired) electrons. The molecule has 1 aliphatic carbocycles. The molecule has 0 spiro atoms. The lowest BCUT2D eigenvalue weighted by molar-refractivity contribution is -0.137. The van der Waals surface area contributed by atoms with Crippen LogP contribution in [0.25, 0.3) is 0 Å². The van der Waals surface area contributed by atoms with Crippen molar-refractivity contribution in [2.24, 2.45) is 5.41 Å². The fraction of sp³-hybridized carbons (Fsp3) is 0.333. The average molecular weight is 350 g/mol. The lowest BCUT2D eigenvalue weighted by Gasteiger charge is -2.30. The van der Waals surface area contributed by atoms with E-state index in [1.54, 1.807) is 30.3 Å². The van der Waals surface area contributed by atoms with Crippen LogP contribution in [0.1, 0.15) is 52.2 Å². The van der Waals surface area contributed by atoms with Gasteiger partial charge in [0.15, 0.2) is 5.78 Å². The van der Waals surface area contributed by atoms with E-state index in [0.717, 1.165) is 10.9 Å². The molecule has 1 amide bonds. The van der Waals surface area contributed by atoms with E-state index in [0.29, 0.717) is 5.56 Å². The Bertz CT molecular complexity index is 836. The molecular weight excluding hydrogens is 333 g/mol. The molecule has 3 rings (SSSR count). The van der Waals surface area contributed by atoms with E-state index in [9.17, 15) is 22.8 Å². The van der Waals surface area contributed by atoms with Crippen molar-refractivity contribution in [2.75, 3.05) is 5.43 Å². The first-order valence-electron chi connectivity index (χ1n) is 7.79. The number of nitrogens with zero attached hydrogens (tertiary/aromatic N) is 1. The zero-order valence-corrected chi connectivity index (χ0v) is 13.8. The third-order valence-electron chi connectivity index (χ3n) is 4.23. The van der Waals surface area contributed by atoms with Crippen LogP contribution in [0.2, 0.25) is 0 Å². The summed E-state index contributed by atoms with van der Waals surface area (Å²) in [5.74, 6) is -1.09. The van der Waals surface area contributed by atoms with Crippen LogP contribution in [0.15, 0.2) is 36.5 Å². The van der Waals surface area contributed by atoms with Crippen molar-refractivity contribution in [1.82, 2.24) is 4.68 Å². The second kappa shape index (κ2) is 5.75. The molecule has 1 heterocycles. The Morgan fingerprint density at radius 3 is 2.40 bits per heavy atom. The highest BCUT2D eigenvalue weighted by Crippen LogP contribution is 2.42. The number of hydrogen-bond acceptors (Lipinski definition) is 2. The molecule has 1 aliphatic rings. The van der Waals surface area contributed by atoms with Gasteiger partial charge in [0, 0.05) is 18.2 Å². The first kappa shape index (κ1) is 17.3. The number of ketones is 1. The van der Waals surface area contributed by atoms with Gasteiger partial charge in [-0.05, 0) is 24.0 Å². The lowest BCUT2D eigenvalue weighted by Crippen LogP contribution is -2.32. The van der Waals surface area contributed by atoms with Crippen LogP contribution in [-0.2, 0) is 12.6 Å². The van der Waals surface area contributed by atoms with Gasteiger partial charge in [-0.3, -0.25) is 19.7 Å². The molecule has 7 heteroatoms. The third kappa shape index (κ3) is 3.31. The van der Waals surface area contributed by atoms with Gasteiger partial charge in [0.05, 0.1) is 16.8 Å². The number of Topliss-reactive ketones (excluding diaryl/α,β-unsaturated/α-hetero) is 1. The zero-order chi connectivity index (χ0) is 18.4. The Hall–Kier alpha value is -2.57. The zero-order valence-electron chi connectivity index (χ0n) is 13.8. The number of halogens is 3. The van der Waals surface area contributed by atoms with E-state index in [-0.39, 0.29) is 24.1 Å². The number of amides is 1. The molecule has 0 saturated carbocycles. The molecule has 2 aromatic rings. The normalized spacial score (nSPS) is 16.4. The second-order valence-electron chi connectivity index (χ2n) is 6.98. The number of rotatable bonds is 2. The summed E-state index contributed by atoms with van der Waals surface area (Å²) in [4.78, 5) is 24.6. The molecule has 0 fully saturated rings. The molecular formula is C18H17F3N2O2. The fourth-order valence-corrected chi connectivity index (χ4v) is 3.15. The van der Waals surface area contributed by atoms with E-state index in [1.807, 2.05) is 13.8 Å². The van der Waals surface area contributed by atoms with Crippen LogP contribution in [0.4, 0.5) is 13.2 Å². The highest BCUT2D eigenvalue weighted by Gasteiger charge is 2.43. The van der Waals surface area contributed by atoms with Crippen molar-refractivity contribution >= 4 is 11.7 Å². The highest BCUT2D eigenvalue weighted by molar-refractivity contribution is 6.02. The van der Waals surface area contributed by atoms with Gasteiger partial charge in [-0.25, -0.2) is 0 Å². The Kier molecular flexibility index (Phi) is 3.97. The summed E-state index contributed by atoms with van der Waals surface area (Å²) in [6.07, 6.45) is -3.56. The Morgan fingerprint density at radius 2 is 1.80 bits per heavy atom. The molecule has 1 N–H and O–H groups in total. The molecule has 25 heavy (non-hydrogen) atoms. The van der Waals surface area contributed by atoms with Crippen LogP contribution in [0.5, 0.6) is 0 Å². The fourth-order valence-electron chi connectivity index (χ4n) is 3.15. The monoisotopic (exact) mass is 350 g/mol. The molecule has 132 valence electrons. The molecule has 0 saturated heterocycles. The smallest absolute Gasteiger partial charge is 0.294 e. The topological polar surface area (TPSA) is 51.1 Å². The van der Waals surface area contributed by atoms with Gasteiger partial charge >= 0.3 is 6.18 Å². The predicted octanol–water partition coefficient (Wildman–Crippen LogP) is 4.05. The predicted molar refractivity (Wildman–Crippen MR) is 86.0 cm³/mol. The van der Waals surface area contributed by atoms with Crippen LogP contribution in [0.3, 0.4) is 0 Å². The van der Waals surface area contributed by atoms with Gasteiger partial charge < -0.3 is 0 Å². The van der Waals surface area contributed by atoms with Crippen LogP contribution in [0, 0.1) is 5.41 Å². The molecule has 0 aliphatic heterocycles. The highest BCUT2D eigenvalue weighted by atomic mass is 19.4. The SMILES string of the molecule is CC1(C)CC(=O)c2c(C(F)(F)F)cn(NC(=O)c3ccccc3)c2C1. The summed E-state index contributed by atoms with van der Waals surface area (Å²) in [6.45, 7) is 3.63. The summed E-state index contributed by atoms with van der Waals surface area (Å²) in [7, 11) is 0. The minimum absolute atomic E-state index is 0.0414. The van der Waals surface area contributed by atoms with Crippen LogP contribution >= 0.6 is 0 Å². The summed E-state index contributed by atoms with van der Waals surface area (Å²) >= 11 is 0. The number of hydrogen-bond donors (Lipinski definition) is 1. The molecule has 4 nitrogen and oxygen atoms in total. The maximum atomic E-state index is 13.3. The lowest BCUT2D eigenvalue weighted by atomic mass is 9.75. The summed E-state index contributed by atoms with van der Waals surface area (Å²) < 4.78 is 41.1. The van der Waals surface area contributed by atoms with Gasteiger partial charge in [0.25, 0.3) is 5.91 Å². The maximum absolute atomic E-state index is 13.3. The molecule has 0 atom stereocenters. The van der Waals surface area contributed by atoms with Gasteiger partial charge in [0.2, 0.25) is 0 Å². The molecule has 0 unspecified atom stereocenters. The first-order chi connectivity index (χ1) is 11.6. The van der Waals surface area contributed by atoms with Crippen molar-refractivity contribution in [3.05, 3.63) is 58.9 Å². The van der Waals surface area contributed by atoms with Gasteiger partial charge in [-0.1, -0.05) is 32.0 Å². The Labute approximate surface area is 142 Å². The Balaban J connectivity index is 2.06. The number of carbonyl (C=O) groups excluding carboxylic acids is 2. The number of fused-ring (bicyclic) bond motifs is 1. The van der Waals surface area contributed by atoms with Crippen molar-refractivity contribution in [3.63, 3.8) is 0 Å². The van der Waals surface area contributed by atoms with Crippen molar-refractivity contribution < 1.29 is 22.8 Å². The standard InChI is InChI=1S/C18H17F3N2O2/c1-17(2)8-13-15(14(24)9-17)12(18(19,20)21)10-23(13)22-16(25)11-6-4-3-5-7-11/h3-7,10H,8-9H2,1-2H3,(H,22,25). The van der Waals surface area contributed by atoms with Crippen molar-refractivity contribution in [1.29, 1.82) is 0 Å². The molecule has 1 aromatic carbocycles. The summed E-state index contributed by atoms with van der Waals surface area (Å²) in [5, 5.41) is 0. The van der Waals surface area contributed by atoms with E-state index >= 15 is 0 Å². The number of carbonyl (C=O) groups is 2. The van der Waals surface area contributed by atoms with Crippen molar-refractivity contribution in [3.8, 4) is 0 Å². The first-order valence-corrected chi connectivity index (χ1v) is 7.79. The van der Waals surface area contributed by atoms with Gasteiger partial charge in [-0.15, -0.1) is 0 Å².